The predicted octanol–water partition coefficient (Wildman–Crippen LogP) is 6.21. The first-order chi connectivity index (χ1) is 14.1. The summed E-state index contributed by atoms with van der Waals surface area (Å²) in [6.45, 7) is 11.7. The molecule has 30 heavy (non-hydrogen) atoms. The van der Waals surface area contributed by atoms with E-state index >= 15 is 0 Å². The van der Waals surface area contributed by atoms with E-state index in [1.165, 1.54) is 22.8 Å². The van der Waals surface area contributed by atoms with Gasteiger partial charge in [0.2, 0.25) is 0 Å². The van der Waals surface area contributed by atoms with Gasteiger partial charge in [0.1, 0.15) is 0 Å². The first-order valence-corrected chi connectivity index (χ1v) is 11.0. The van der Waals surface area contributed by atoms with Crippen molar-refractivity contribution in [3.05, 3.63) is 76.1 Å². The Balaban J connectivity index is 1.38. The van der Waals surface area contributed by atoms with Gasteiger partial charge in [0.15, 0.2) is 5.88 Å². The van der Waals surface area contributed by atoms with Crippen molar-refractivity contribution in [2.24, 2.45) is 11.8 Å². The van der Waals surface area contributed by atoms with Gasteiger partial charge in [0.25, 0.3) is 5.56 Å². The van der Waals surface area contributed by atoms with Crippen molar-refractivity contribution in [3.8, 4) is 5.88 Å². The van der Waals surface area contributed by atoms with Gasteiger partial charge in [0.05, 0.1) is 6.61 Å². The molecule has 1 aromatic heterocycles. The van der Waals surface area contributed by atoms with Crippen LogP contribution in [0, 0.1) is 11.8 Å². The standard InChI is InChI=1S/C27H33NO2/c1-26(2,3)23-14-24(29)28-25(15-23)30-17-21-12-20(21)16-27(4,5)22-11-10-18-8-6-7-9-19(18)13-22/h6-11,13-15,20-21H,12,16-17H2,1-5H3,(H,28,29). The van der Waals surface area contributed by atoms with Crippen LogP contribution < -0.4 is 10.3 Å². The quantitative estimate of drug-likeness (QED) is 0.532. The number of hydrogen-bond donors (Lipinski definition) is 1. The molecule has 1 heterocycles. The summed E-state index contributed by atoms with van der Waals surface area (Å²) in [5, 5.41) is 2.60. The van der Waals surface area contributed by atoms with Gasteiger partial charge < -0.3 is 4.74 Å². The van der Waals surface area contributed by atoms with Crippen molar-refractivity contribution in [1.29, 1.82) is 0 Å². The van der Waals surface area contributed by atoms with Crippen LogP contribution in [0.3, 0.4) is 0 Å². The number of benzene rings is 2. The molecule has 1 saturated carbocycles. The van der Waals surface area contributed by atoms with E-state index in [9.17, 15) is 4.79 Å². The Morgan fingerprint density at radius 1 is 0.900 bits per heavy atom. The molecule has 2 aromatic carbocycles. The van der Waals surface area contributed by atoms with Crippen molar-refractivity contribution >= 4 is 10.8 Å². The van der Waals surface area contributed by atoms with Gasteiger partial charge >= 0.3 is 0 Å². The molecular formula is C27H33NO2. The van der Waals surface area contributed by atoms with Crippen LogP contribution in [0.25, 0.3) is 10.8 Å². The van der Waals surface area contributed by atoms with Gasteiger partial charge in [-0.15, -0.1) is 0 Å². The molecule has 3 heteroatoms. The first-order valence-electron chi connectivity index (χ1n) is 11.0. The highest BCUT2D eigenvalue weighted by atomic mass is 16.5. The van der Waals surface area contributed by atoms with Gasteiger partial charge in [-0.25, -0.2) is 0 Å². The van der Waals surface area contributed by atoms with E-state index in [1.54, 1.807) is 6.07 Å². The molecule has 1 aliphatic carbocycles. The Kier molecular flexibility index (Phi) is 5.25. The van der Waals surface area contributed by atoms with Crippen LogP contribution in [0.2, 0.25) is 0 Å². The third kappa shape index (κ3) is 4.61. The lowest BCUT2D eigenvalue weighted by atomic mass is 9.79. The summed E-state index contributed by atoms with van der Waals surface area (Å²) in [4.78, 5) is 14.8. The monoisotopic (exact) mass is 403 g/mol. The zero-order chi connectivity index (χ0) is 21.5. The second kappa shape index (κ2) is 7.61. The van der Waals surface area contributed by atoms with Crippen LogP contribution in [0.4, 0.5) is 0 Å². The maximum absolute atomic E-state index is 12.0. The summed E-state index contributed by atoms with van der Waals surface area (Å²) in [6, 6.07) is 19.0. The molecule has 0 aliphatic heterocycles. The van der Waals surface area contributed by atoms with Gasteiger partial charge in [-0.1, -0.05) is 77.1 Å². The minimum atomic E-state index is -0.0952. The lowest BCUT2D eigenvalue weighted by Gasteiger charge is -2.26. The minimum Gasteiger partial charge on any atom is -0.479 e. The van der Waals surface area contributed by atoms with Crippen molar-refractivity contribution in [2.75, 3.05) is 6.61 Å². The molecule has 1 N–H and O–H groups in total. The van der Waals surface area contributed by atoms with Crippen molar-refractivity contribution in [3.63, 3.8) is 0 Å². The third-order valence-corrected chi connectivity index (χ3v) is 6.51. The summed E-state index contributed by atoms with van der Waals surface area (Å²) in [6.07, 6.45) is 2.35. The number of aromatic nitrogens is 1. The van der Waals surface area contributed by atoms with Crippen molar-refractivity contribution < 1.29 is 4.74 Å². The molecule has 1 aliphatic rings. The number of aromatic amines is 1. The summed E-state index contributed by atoms with van der Waals surface area (Å²) in [5.41, 5.74) is 2.37. The summed E-state index contributed by atoms with van der Waals surface area (Å²) in [7, 11) is 0. The van der Waals surface area contributed by atoms with E-state index in [-0.39, 0.29) is 16.4 Å². The van der Waals surface area contributed by atoms with Crippen molar-refractivity contribution in [1.82, 2.24) is 4.98 Å². The molecule has 0 amide bonds. The van der Waals surface area contributed by atoms with Crippen molar-refractivity contribution in [2.45, 2.75) is 58.3 Å². The van der Waals surface area contributed by atoms with Crippen LogP contribution in [0.5, 0.6) is 5.88 Å². The molecule has 2 unspecified atom stereocenters. The zero-order valence-electron chi connectivity index (χ0n) is 18.8. The second-order valence-electron chi connectivity index (χ2n) is 10.6. The number of H-pyrrole nitrogens is 1. The Morgan fingerprint density at radius 2 is 1.63 bits per heavy atom. The minimum absolute atomic E-state index is 0.0711. The fourth-order valence-electron chi connectivity index (χ4n) is 4.37. The van der Waals surface area contributed by atoms with Crippen LogP contribution in [0.1, 0.15) is 58.6 Å². The molecule has 2 atom stereocenters. The van der Waals surface area contributed by atoms with E-state index < -0.39 is 0 Å². The van der Waals surface area contributed by atoms with Gasteiger partial charge in [-0.2, -0.15) is 0 Å². The molecular weight excluding hydrogens is 370 g/mol. The Hall–Kier alpha value is -2.55. The Labute approximate surface area is 179 Å². The summed E-state index contributed by atoms with van der Waals surface area (Å²) in [5.74, 6) is 1.82. The third-order valence-electron chi connectivity index (χ3n) is 6.51. The largest absolute Gasteiger partial charge is 0.479 e. The molecule has 0 radical (unpaired) electrons. The molecule has 3 aromatic rings. The Morgan fingerprint density at radius 3 is 2.37 bits per heavy atom. The van der Waals surface area contributed by atoms with Gasteiger partial charge in [-0.05, 0) is 57.4 Å². The van der Waals surface area contributed by atoms with Crippen LogP contribution in [0.15, 0.2) is 59.4 Å². The smallest absolute Gasteiger partial charge is 0.250 e. The lowest BCUT2D eigenvalue weighted by molar-refractivity contribution is 0.273. The topological polar surface area (TPSA) is 42.1 Å². The van der Waals surface area contributed by atoms with Gasteiger partial charge in [0, 0.05) is 12.1 Å². The van der Waals surface area contributed by atoms with Crippen LogP contribution in [-0.2, 0) is 10.8 Å². The van der Waals surface area contributed by atoms with E-state index in [0.717, 1.165) is 12.0 Å². The molecule has 0 spiro atoms. The highest BCUT2D eigenvalue weighted by Gasteiger charge is 2.41. The highest BCUT2D eigenvalue weighted by Crippen LogP contribution is 2.47. The van der Waals surface area contributed by atoms with Crippen LogP contribution in [-0.4, -0.2) is 11.6 Å². The molecule has 3 nitrogen and oxygen atoms in total. The van der Waals surface area contributed by atoms with Gasteiger partial charge in [-0.3, -0.25) is 9.78 Å². The maximum Gasteiger partial charge on any atom is 0.250 e. The predicted molar refractivity (Wildman–Crippen MR) is 124 cm³/mol. The van der Waals surface area contributed by atoms with E-state index in [2.05, 4.69) is 82.1 Å². The zero-order valence-corrected chi connectivity index (χ0v) is 18.8. The first kappa shape index (κ1) is 20.7. The molecule has 1 fully saturated rings. The summed E-state index contributed by atoms with van der Waals surface area (Å²) >= 11 is 0. The average molecular weight is 404 g/mol. The van der Waals surface area contributed by atoms with E-state index in [4.69, 9.17) is 4.74 Å². The molecule has 0 bridgehead atoms. The lowest BCUT2D eigenvalue weighted by Crippen LogP contribution is -2.19. The number of ether oxygens (including phenoxy) is 1. The number of rotatable bonds is 6. The normalized spacial score (nSPS) is 19.1. The van der Waals surface area contributed by atoms with E-state index in [1.807, 2.05) is 6.07 Å². The number of fused-ring (bicyclic) bond motifs is 1. The second-order valence-corrected chi connectivity index (χ2v) is 10.6. The fraction of sp³-hybridized carbons (Fsp3) is 0.444. The number of hydrogen-bond acceptors (Lipinski definition) is 2. The number of nitrogens with one attached hydrogen (secondary N) is 1. The fourth-order valence-corrected chi connectivity index (χ4v) is 4.37. The Bertz CT molecular complexity index is 1100. The van der Waals surface area contributed by atoms with Crippen LogP contribution >= 0.6 is 0 Å². The maximum atomic E-state index is 12.0. The number of pyridine rings is 1. The SMILES string of the molecule is CC(C)(C)c1cc(OCC2CC2CC(C)(C)c2ccc3ccccc3c2)[nH]c(=O)c1. The average Bonchev–Trinajstić information content (AvgIpc) is 3.42. The molecule has 158 valence electrons. The molecule has 0 saturated heterocycles. The summed E-state index contributed by atoms with van der Waals surface area (Å²) < 4.78 is 6.00. The highest BCUT2D eigenvalue weighted by molar-refractivity contribution is 5.83. The van der Waals surface area contributed by atoms with E-state index in [0.29, 0.717) is 24.3 Å². The molecule has 4 rings (SSSR count).